The fourth-order valence-electron chi connectivity index (χ4n) is 1.24. The van der Waals surface area contributed by atoms with Crippen molar-refractivity contribution in [3.8, 4) is 0 Å². The van der Waals surface area contributed by atoms with Crippen LogP contribution in [0.2, 0.25) is 0 Å². The molecule has 0 saturated carbocycles. The molecule has 6 heteroatoms. The SMILES string of the molecule is CCS(=O)(CC)=NS(=O)(=O)c1ccc(C)cc1. The van der Waals surface area contributed by atoms with Crippen LogP contribution in [0.1, 0.15) is 19.4 Å². The van der Waals surface area contributed by atoms with Crippen LogP contribution in [0.4, 0.5) is 0 Å². The van der Waals surface area contributed by atoms with E-state index in [1.807, 2.05) is 6.92 Å². The van der Waals surface area contributed by atoms with Gasteiger partial charge in [-0.15, -0.1) is 3.77 Å². The molecule has 0 aliphatic carbocycles. The maximum Gasteiger partial charge on any atom is 0.290 e. The second kappa shape index (κ2) is 5.18. The molecular weight excluding hydrogens is 258 g/mol. The molecule has 0 radical (unpaired) electrons. The number of nitrogens with zero attached hydrogens (tertiary/aromatic N) is 1. The molecule has 0 N–H and O–H groups in total. The van der Waals surface area contributed by atoms with Gasteiger partial charge >= 0.3 is 0 Å². The number of sulfonamides is 1. The molecule has 0 aliphatic heterocycles. The summed E-state index contributed by atoms with van der Waals surface area (Å²) in [6.45, 7) is 5.23. The summed E-state index contributed by atoms with van der Waals surface area (Å²) in [4.78, 5) is 0.0951. The van der Waals surface area contributed by atoms with Gasteiger partial charge in [-0.3, -0.25) is 0 Å². The van der Waals surface area contributed by atoms with Gasteiger partial charge in [-0.25, -0.2) is 4.21 Å². The minimum absolute atomic E-state index is 0.0951. The zero-order chi connectivity index (χ0) is 13.1. The highest BCUT2D eigenvalue weighted by Crippen LogP contribution is 2.15. The second-order valence-corrected chi connectivity index (χ2v) is 8.43. The standard InChI is InChI=1S/C11H17NO3S2/c1-4-16(13,5-2)12-17(14,15)11-8-6-10(3)7-9-11/h6-9H,4-5H2,1-3H3. The lowest BCUT2D eigenvalue weighted by atomic mass is 10.2. The summed E-state index contributed by atoms with van der Waals surface area (Å²) < 4.78 is 39.5. The minimum atomic E-state index is -3.81. The topological polar surface area (TPSA) is 63.6 Å². The maximum absolute atomic E-state index is 12.0. The minimum Gasteiger partial charge on any atom is -0.249 e. The summed E-state index contributed by atoms with van der Waals surface area (Å²) in [5.74, 6) is 0.489. The third-order valence-corrected chi connectivity index (χ3v) is 7.00. The molecule has 1 rings (SSSR count). The van der Waals surface area contributed by atoms with Crippen molar-refractivity contribution in [3.63, 3.8) is 0 Å². The third kappa shape index (κ3) is 3.54. The van der Waals surface area contributed by atoms with Gasteiger partial charge in [-0.1, -0.05) is 31.5 Å². The van der Waals surface area contributed by atoms with Gasteiger partial charge in [-0.2, -0.15) is 8.42 Å². The Morgan fingerprint density at radius 3 is 1.88 bits per heavy atom. The van der Waals surface area contributed by atoms with Crippen molar-refractivity contribution in [2.75, 3.05) is 11.5 Å². The molecule has 17 heavy (non-hydrogen) atoms. The maximum atomic E-state index is 12.0. The van der Waals surface area contributed by atoms with Crippen LogP contribution in [0, 0.1) is 6.92 Å². The van der Waals surface area contributed by atoms with Gasteiger partial charge < -0.3 is 0 Å². The van der Waals surface area contributed by atoms with Gasteiger partial charge in [0.1, 0.15) is 0 Å². The van der Waals surface area contributed by atoms with E-state index in [2.05, 4.69) is 3.77 Å². The summed E-state index contributed by atoms with van der Waals surface area (Å²) in [6, 6.07) is 6.36. The number of aryl methyl sites for hydroxylation is 1. The normalized spacial score (nSPS) is 12.4. The van der Waals surface area contributed by atoms with Crippen LogP contribution in [0.25, 0.3) is 0 Å². The van der Waals surface area contributed by atoms with Crippen LogP contribution in [-0.4, -0.2) is 24.1 Å². The first-order valence-electron chi connectivity index (χ1n) is 5.38. The summed E-state index contributed by atoms with van der Waals surface area (Å²) in [5.41, 5.74) is 0.968. The number of benzene rings is 1. The predicted molar refractivity (Wildman–Crippen MR) is 70.0 cm³/mol. The molecule has 1 aromatic rings. The Balaban J connectivity index is 3.31. The van der Waals surface area contributed by atoms with Crippen LogP contribution in [0.3, 0.4) is 0 Å². The Kier molecular flexibility index (Phi) is 4.32. The summed E-state index contributed by atoms with van der Waals surface area (Å²) >= 11 is 0. The molecule has 1 aromatic carbocycles. The molecule has 0 fully saturated rings. The van der Waals surface area contributed by atoms with E-state index in [0.29, 0.717) is 0 Å². The Bertz CT molecular complexity index is 584. The quantitative estimate of drug-likeness (QED) is 0.846. The number of hydrogen-bond donors (Lipinski definition) is 0. The molecule has 0 aromatic heterocycles. The average Bonchev–Trinajstić information content (AvgIpc) is 2.29. The lowest BCUT2D eigenvalue weighted by Gasteiger charge is -2.05. The van der Waals surface area contributed by atoms with E-state index >= 15 is 0 Å². The Morgan fingerprint density at radius 1 is 1.00 bits per heavy atom. The smallest absolute Gasteiger partial charge is 0.249 e. The summed E-state index contributed by atoms with van der Waals surface area (Å²) in [7, 11) is -6.45. The van der Waals surface area contributed by atoms with E-state index in [1.54, 1.807) is 26.0 Å². The second-order valence-electron chi connectivity index (χ2n) is 3.71. The molecule has 0 saturated heterocycles. The zero-order valence-corrected chi connectivity index (χ0v) is 11.8. The van der Waals surface area contributed by atoms with Gasteiger partial charge in [-0.05, 0) is 19.1 Å². The van der Waals surface area contributed by atoms with Crippen molar-refractivity contribution < 1.29 is 12.6 Å². The lowest BCUT2D eigenvalue weighted by molar-refractivity contribution is 0.598. The van der Waals surface area contributed by atoms with Crippen molar-refractivity contribution in [1.82, 2.24) is 0 Å². The van der Waals surface area contributed by atoms with Gasteiger partial charge in [0.15, 0.2) is 0 Å². The van der Waals surface area contributed by atoms with Gasteiger partial charge in [0, 0.05) is 11.5 Å². The molecule has 0 atom stereocenters. The molecule has 4 nitrogen and oxygen atoms in total. The van der Waals surface area contributed by atoms with Crippen LogP contribution in [0.15, 0.2) is 32.9 Å². The van der Waals surface area contributed by atoms with Crippen molar-refractivity contribution in [3.05, 3.63) is 29.8 Å². The highest BCUT2D eigenvalue weighted by atomic mass is 32.3. The van der Waals surface area contributed by atoms with Crippen LogP contribution >= 0.6 is 0 Å². The van der Waals surface area contributed by atoms with Crippen LogP contribution < -0.4 is 0 Å². The predicted octanol–water partition coefficient (Wildman–Crippen LogP) is 2.19. The number of hydrogen-bond acceptors (Lipinski definition) is 3. The van der Waals surface area contributed by atoms with E-state index < -0.39 is 19.8 Å². The first-order valence-corrected chi connectivity index (χ1v) is 8.68. The largest absolute Gasteiger partial charge is 0.290 e. The molecular formula is C11H17NO3S2. The van der Waals surface area contributed by atoms with E-state index in [9.17, 15) is 12.6 Å². The summed E-state index contributed by atoms with van der Waals surface area (Å²) in [5, 5.41) is 0. The van der Waals surface area contributed by atoms with E-state index in [1.165, 1.54) is 12.1 Å². The molecule has 0 amide bonds. The monoisotopic (exact) mass is 275 g/mol. The summed E-state index contributed by atoms with van der Waals surface area (Å²) in [6.07, 6.45) is 0. The van der Waals surface area contributed by atoms with E-state index in [4.69, 9.17) is 0 Å². The van der Waals surface area contributed by atoms with Crippen molar-refractivity contribution in [1.29, 1.82) is 0 Å². The van der Waals surface area contributed by atoms with Crippen LogP contribution in [-0.2, 0) is 19.8 Å². The van der Waals surface area contributed by atoms with E-state index in [0.717, 1.165) is 5.56 Å². The molecule has 0 bridgehead atoms. The molecule has 0 heterocycles. The number of rotatable bonds is 4. The van der Waals surface area contributed by atoms with E-state index in [-0.39, 0.29) is 16.4 Å². The highest BCUT2D eigenvalue weighted by molar-refractivity contribution is 8.03. The molecule has 96 valence electrons. The van der Waals surface area contributed by atoms with Gasteiger partial charge in [0.05, 0.1) is 14.6 Å². The third-order valence-electron chi connectivity index (χ3n) is 2.45. The molecule has 0 unspecified atom stereocenters. The van der Waals surface area contributed by atoms with Crippen LogP contribution in [0.5, 0.6) is 0 Å². The van der Waals surface area contributed by atoms with Gasteiger partial charge in [0.25, 0.3) is 10.0 Å². The Hall–Kier alpha value is -0.880. The van der Waals surface area contributed by atoms with Crippen molar-refractivity contribution in [2.45, 2.75) is 25.7 Å². The fourth-order valence-corrected chi connectivity index (χ4v) is 4.75. The van der Waals surface area contributed by atoms with Crippen molar-refractivity contribution >= 4 is 19.8 Å². The Labute approximate surface area is 103 Å². The molecule has 0 aliphatic rings. The van der Waals surface area contributed by atoms with Crippen molar-refractivity contribution in [2.24, 2.45) is 3.77 Å². The average molecular weight is 275 g/mol. The first kappa shape index (κ1) is 14.2. The van der Waals surface area contributed by atoms with Gasteiger partial charge in [0.2, 0.25) is 0 Å². The highest BCUT2D eigenvalue weighted by Gasteiger charge is 2.16. The lowest BCUT2D eigenvalue weighted by Crippen LogP contribution is -2.10. The zero-order valence-electron chi connectivity index (χ0n) is 10.2. The fraction of sp³-hybridized carbons (Fsp3) is 0.455. The molecule has 0 spiro atoms. The Morgan fingerprint density at radius 2 is 1.47 bits per heavy atom. The first-order chi connectivity index (χ1) is 7.83.